The Balaban J connectivity index is 2.27. The lowest BCUT2D eigenvalue weighted by atomic mass is 9.79. The van der Waals surface area contributed by atoms with Crippen molar-refractivity contribution in [2.24, 2.45) is 9.98 Å². The fraction of sp³-hybridized carbons (Fsp3) is 0.273. The molecule has 0 bridgehead atoms. The molecule has 1 spiro atoms. The van der Waals surface area contributed by atoms with Crippen LogP contribution < -0.4 is 0 Å². The van der Waals surface area contributed by atoms with Gasteiger partial charge in [0.25, 0.3) is 0 Å². The summed E-state index contributed by atoms with van der Waals surface area (Å²) in [6, 6.07) is 0. The van der Waals surface area contributed by atoms with Gasteiger partial charge < -0.3 is 0 Å². The number of rotatable bonds is 0. The second-order valence-electron chi connectivity index (χ2n) is 3.77. The molecule has 0 saturated heterocycles. The molecule has 76 valence electrons. The SMILES string of the molecule is ClC1=NC23CCC=NC2=C(Br)C=CC3=C1. The van der Waals surface area contributed by atoms with Gasteiger partial charge in [-0.05, 0) is 46.5 Å². The van der Waals surface area contributed by atoms with Crippen LogP contribution in [0.4, 0.5) is 0 Å². The molecule has 2 heterocycles. The lowest BCUT2D eigenvalue weighted by Crippen LogP contribution is -2.33. The molecule has 2 aliphatic heterocycles. The van der Waals surface area contributed by atoms with E-state index in [4.69, 9.17) is 11.6 Å². The summed E-state index contributed by atoms with van der Waals surface area (Å²) in [6.45, 7) is 0. The van der Waals surface area contributed by atoms with Crippen molar-refractivity contribution in [3.63, 3.8) is 0 Å². The van der Waals surface area contributed by atoms with E-state index in [0.29, 0.717) is 5.17 Å². The van der Waals surface area contributed by atoms with Crippen LogP contribution in [0.2, 0.25) is 0 Å². The van der Waals surface area contributed by atoms with Crippen LogP contribution in [0, 0.1) is 0 Å². The first-order chi connectivity index (χ1) is 7.22. The molecule has 0 aromatic rings. The number of nitrogens with zero attached hydrogens (tertiary/aromatic N) is 2. The molecule has 0 aromatic heterocycles. The van der Waals surface area contributed by atoms with E-state index in [2.05, 4.69) is 32.0 Å². The van der Waals surface area contributed by atoms with E-state index in [1.807, 2.05) is 18.4 Å². The van der Waals surface area contributed by atoms with Crippen LogP contribution in [0.3, 0.4) is 0 Å². The van der Waals surface area contributed by atoms with E-state index >= 15 is 0 Å². The molecule has 3 rings (SSSR count). The van der Waals surface area contributed by atoms with E-state index in [1.54, 1.807) is 0 Å². The number of hydrogen-bond acceptors (Lipinski definition) is 2. The van der Waals surface area contributed by atoms with Gasteiger partial charge in [0.2, 0.25) is 0 Å². The van der Waals surface area contributed by atoms with Crippen molar-refractivity contribution in [1.82, 2.24) is 0 Å². The van der Waals surface area contributed by atoms with Gasteiger partial charge in [-0.25, -0.2) is 0 Å². The van der Waals surface area contributed by atoms with E-state index in [0.717, 1.165) is 28.6 Å². The minimum atomic E-state index is -0.306. The summed E-state index contributed by atoms with van der Waals surface area (Å²) in [4.78, 5) is 9.00. The molecule has 0 fully saturated rings. The topological polar surface area (TPSA) is 24.7 Å². The molecular formula is C11H8BrClN2. The Labute approximate surface area is 101 Å². The van der Waals surface area contributed by atoms with E-state index < -0.39 is 0 Å². The maximum atomic E-state index is 6.00. The number of halogens is 2. The summed E-state index contributed by atoms with van der Waals surface area (Å²) in [6.07, 6.45) is 9.84. The fourth-order valence-electron chi connectivity index (χ4n) is 2.26. The van der Waals surface area contributed by atoms with Gasteiger partial charge in [0.15, 0.2) is 0 Å². The van der Waals surface area contributed by atoms with Crippen LogP contribution in [-0.2, 0) is 0 Å². The normalized spacial score (nSPS) is 32.4. The third-order valence-corrected chi connectivity index (χ3v) is 3.77. The Bertz CT molecular complexity index is 485. The molecule has 0 saturated carbocycles. The van der Waals surface area contributed by atoms with Crippen LogP contribution in [0.1, 0.15) is 12.8 Å². The molecule has 0 aromatic carbocycles. The molecule has 2 nitrogen and oxygen atoms in total. The Morgan fingerprint density at radius 1 is 1.40 bits per heavy atom. The van der Waals surface area contributed by atoms with Gasteiger partial charge in [0.05, 0.1) is 5.70 Å². The summed E-state index contributed by atoms with van der Waals surface area (Å²) < 4.78 is 1.01. The highest BCUT2D eigenvalue weighted by Gasteiger charge is 2.44. The predicted octanol–water partition coefficient (Wildman–Crippen LogP) is 3.34. The van der Waals surface area contributed by atoms with E-state index in [1.165, 1.54) is 0 Å². The van der Waals surface area contributed by atoms with Crippen molar-refractivity contribution in [2.75, 3.05) is 0 Å². The molecule has 0 N–H and O–H groups in total. The molecule has 1 aliphatic carbocycles. The quantitative estimate of drug-likeness (QED) is 0.651. The summed E-state index contributed by atoms with van der Waals surface area (Å²) in [5, 5.41) is 0.575. The Hall–Kier alpha value is -0.670. The number of hydrogen-bond donors (Lipinski definition) is 0. The van der Waals surface area contributed by atoms with E-state index in [-0.39, 0.29) is 5.54 Å². The highest BCUT2D eigenvalue weighted by atomic mass is 79.9. The van der Waals surface area contributed by atoms with Crippen LogP contribution in [0.15, 0.2) is 44.0 Å². The summed E-state index contributed by atoms with van der Waals surface area (Å²) in [5.74, 6) is 0. The Morgan fingerprint density at radius 2 is 2.27 bits per heavy atom. The first-order valence-corrected chi connectivity index (χ1v) is 5.98. The predicted molar refractivity (Wildman–Crippen MR) is 66.9 cm³/mol. The minimum absolute atomic E-state index is 0.306. The van der Waals surface area contributed by atoms with Crippen molar-refractivity contribution >= 4 is 38.9 Å². The zero-order valence-corrected chi connectivity index (χ0v) is 10.2. The Kier molecular flexibility index (Phi) is 2.01. The lowest BCUT2D eigenvalue weighted by molar-refractivity contribution is 0.545. The third kappa shape index (κ3) is 1.23. The zero-order chi connectivity index (χ0) is 10.5. The summed E-state index contributed by atoms with van der Waals surface area (Å²) in [5.41, 5.74) is 1.83. The van der Waals surface area contributed by atoms with Gasteiger partial charge in [-0.1, -0.05) is 17.7 Å². The van der Waals surface area contributed by atoms with Gasteiger partial charge in [-0.2, -0.15) is 0 Å². The van der Waals surface area contributed by atoms with Gasteiger partial charge in [0.1, 0.15) is 10.7 Å². The molecule has 1 unspecified atom stereocenters. The minimum Gasteiger partial charge on any atom is -0.262 e. The Morgan fingerprint density at radius 3 is 3.13 bits per heavy atom. The molecule has 4 heteroatoms. The summed E-state index contributed by atoms with van der Waals surface area (Å²) in [7, 11) is 0. The van der Waals surface area contributed by atoms with Crippen LogP contribution >= 0.6 is 27.5 Å². The molecule has 3 aliphatic rings. The van der Waals surface area contributed by atoms with Gasteiger partial charge in [0, 0.05) is 10.7 Å². The van der Waals surface area contributed by atoms with Crippen molar-refractivity contribution in [2.45, 2.75) is 18.4 Å². The van der Waals surface area contributed by atoms with Crippen molar-refractivity contribution in [3.8, 4) is 0 Å². The summed E-state index contributed by atoms with van der Waals surface area (Å²) >= 11 is 9.52. The first-order valence-electron chi connectivity index (χ1n) is 4.81. The van der Waals surface area contributed by atoms with Gasteiger partial charge in [-0.15, -0.1) is 0 Å². The second-order valence-corrected chi connectivity index (χ2v) is 5.02. The standard InChI is InChI=1S/C11H8BrClN2/c12-8-3-2-7-6-9(13)15-11(7)4-1-5-14-10(8)11/h2-3,5-6H,1,4H2. The van der Waals surface area contributed by atoms with Crippen molar-refractivity contribution < 1.29 is 0 Å². The molecular weight excluding hydrogens is 275 g/mol. The van der Waals surface area contributed by atoms with Gasteiger partial charge >= 0.3 is 0 Å². The van der Waals surface area contributed by atoms with Crippen LogP contribution in [0.5, 0.6) is 0 Å². The molecule has 0 amide bonds. The molecule has 15 heavy (non-hydrogen) atoms. The highest BCUT2D eigenvalue weighted by Crippen LogP contribution is 2.47. The largest absolute Gasteiger partial charge is 0.262 e. The van der Waals surface area contributed by atoms with Crippen molar-refractivity contribution in [1.29, 1.82) is 0 Å². The first kappa shape index (κ1) is 9.55. The molecule has 1 atom stereocenters. The number of allylic oxidation sites excluding steroid dienone is 3. The maximum Gasteiger partial charge on any atom is 0.131 e. The number of aliphatic imine (C=N–C) groups is 2. The zero-order valence-electron chi connectivity index (χ0n) is 7.87. The molecule has 0 radical (unpaired) electrons. The van der Waals surface area contributed by atoms with Crippen molar-refractivity contribution in [3.05, 3.63) is 34.0 Å². The fourth-order valence-corrected chi connectivity index (χ4v) is 3.08. The van der Waals surface area contributed by atoms with E-state index in [9.17, 15) is 0 Å². The monoisotopic (exact) mass is 282 g/mol. The smallest absolute Gasteiger partial charge is 0.131 e. The van der Waals surface area contributed by atoms with Crippen LogP contribution in [0.25, 0.3) is 0 Å². The van der Waals surface area contributed by atoms with Crippen LogP contribution in [-0.4, -0.2) is 16.9 Å². The highest BCUT2D eigenvalue weighted by molar-refractivity contribution is 9.11. The maximum absolute atomic E-state index is 6.00. The third-order valence-electron chi connectivity index (χ3n) is 2.93. The second kappa shape index (κ2) is 3.16. The average Bonchev–Trinajstić information content (AvgIpc) is 2.53. The lowest BCUT2D eigenvalue weighted by Gasteiger charge is -2.33. The van der Waals surface area contributed by atoms with Gasteiger partial charge in [-0.3, -0.25) is 9.98 Å². The average molecular weight is 284 g/mol.